The predicted molar refractivity (Wildman–Crippen MR) is 118 cm³/mol. The van der Waals surface area contributed by atoms with Gasteiger partial charge in [-0.15, -0.1) is 0 Å². The monoisotopic (exact) mass is 391 g/mol. The summed E-state index contributed by atoms with van der Waals surface area (Å²) in [6, 6.07) is 25.8. The summed E-state index contributed by atoms with van der Waals surface area (Å²) in [4.78, 5) is 2.36. The Labute approximate surface area is 174 Å². The number of ether oxygens (including phenoxy) is 1. The van der Waals surface area contributed by atoms with Gasteiger partial charge in [-0.05, 0) is 74.6 Å². The maximum Gasteiger partial charge on any atom is 0.165 e. The van der Waals surface area contributed by atoms with Gasteiger partial charge >= 0.3 is 0 Å². The lowest BCUT2D eigenvalue weighted by molar-refractivity contribution is 0.290. The summed E-state index contributed by atoms with van der Waals surface area (Å²) < 4.78 is 19.9. The lowest BCUT2D eigenvalue weighted by Gasteiger charge is -2.16. The summed E-state index contributed by atoms with van der Waals surface area (Å²) >= 11 is 0. The van der Waals surface area contributed by atoms with Crippen LogP contribution in [0.4, 0.5) is 4.39 Å². The second kappa shape index (κ2) is 11.4. The molecule has 0 N–H and O–H groups in total. The molecule has 0 spiro atoms. The number of hydrogen-bond donors (Lipinski definition) is 0. The van der Waals surface area contributed by atoms with Gasteiger partial charge in [0.25, 0.3) is 0 Å². The van der Waals surface area contributed by atoms with Gasteiger partial charge < -0.3 is 9.64 Å². The first-order chi connectivity index (χ1) is 14.2. The van der Waals surface area contributed by atoms with Crippen LogP contribution in [-0.2, 0) is 19.4 Å². The number of hydrogen-bond acceptors (Lipinski definition) is 2. The second-order valence-corrected chi connectivity index (χ2v) is 7.54. The summed E-state index contributed by atoms with van der Waals surface area (Å²) in [7, 11) is 2.16. The second-order valence-electron chi connectivity index (χ2n) is 7.54. The topological polar surface area (TPSA) is 12.5 Å². The van der Waals surface area contributed by atoms with Crippen LogP contribution in [0.2, 0.25) is 0 Å². The van der Waals surface area contributed by atoms with E-state index in [4.69, 9.17) is 4.74 Å². The SMILES string of the molecule is CN(CCCc1ccccc1)CCCc1ccc(OCc2ccccc2)c(F)c1. The molecule has 0 amide bonds. The third-order valence-electron chi connectivity index (χ3n) is 5.09. The maximum absolute atomic E-state index is 14.3. The van der Waals surface area contributed by atoms with Gasteiger partial charge in [0.1, 0.15) is 6.61 Å². The van der Waals surface area contributed by atoms with Gasteiger partial charge in [-0.3, -0.25) is 0 Å². The van der Waals surface area contributed by atoms with Crippen molar-refractivity contribution in [3.63, 3.8) is 0 Å². The van der Waals surface area contributed by atoms with E-state index >= 15 is 0 Å². The maximum atomic E-state index is 14.3. The highest BCUT2D eigenvalue weighted by atomic mass is 19.1. The van der Waals surface area contributed by atoms with Gasteiger partial charge in [0.15, 0.2) is 11.6 Å². The molecular weight excluding hydrogens is 361 g/mol. The van der Waals surface area contributed by atoms with Crippen molar-refractivity contribution in [2.45, 2.75) is 32.3 Å². The molecule has 0 fully saturated rings. The Morgan fingerprint density at radius 3 is 1.93 bits per heavy atom. The Morgan fingerprint density at radius 2 is 1.31 bits per heavy atom. The van der Waals surface area contributed by atoms with Crippen LogP contribution in [0.3, 0.4) is 0 Å². The summed E-state index contributed by atoms with van der Waals surface area (Å²) in [5.74, 6) is 0.0327. The zero-order chi connectivity index (χ0) is 20.3. The van der Waals surface area contributed by atoms with Gasteiger partial charge in [-0.1, -0.05) is 66.7 Å². The lowest BCUT2D eigenvalue weighted by atomic mass is 10.1. The van der Waals surface area contributed by atoms with Crippen molar-refractivity contribution in [1.29, 1.82) is 0 Å². The van der Waals surface area contributed by atoms with Crippen molar-refractivity contribution in [3.8, 4) is 5.75 Å². The van der Waals surface area contributed by atoms with Crippen LogP contribution in [0.1, 0.15) is 29.5 Å². The van der Waals surface area contributed by atoms with Crippen LogP contribution in [-0.4, -0.2) is 25.0 Å². The summed E-state index contributed by atoms with van der Waals surface area (Å²) in [5, 5.41) is 0. The molecule has 0 aromatic heterocycles. The number of rotatable bonds is 11. The van der Waals surface area contributed by atoms with Crippen molar-refractivity contribution in [3.05, 3.63) is 101 Å². The Hall–Kier alpha value is -2.65. The number of halogens is 1. The van der Waals surface area contributed by atoms with Gasteiger partial charge in [0.05, 0.1) is 0 Å². The highest BCUT2D eigenvalue weighted by molar-refractivity contribution is 5.30. The molecule has 3 aromatic rings. The third-order valence-corrected chi connectivity index (χ3v) is 5.09. The zero-order valence-corrected chi connectivity index (χ0v) is 17.2. The Bertz CT molecular complexity index is 851. The normalized spacial score (nSPS) is 11.0. The van der Waals surface area contributed by atoms with Gasteiger partial charge in [0.2, 0.25) is 0 Å². The van der Waals surface area contributed by atoms with Crippen LogP contribution >= 0.6 is 0 Å². The molecule has 152 valence electrons. The molecule has 0 bridgehead atoms. The molecule has 3 rings (SSSR count). The summed E-state index contributed by atoms with van der Waals surface area (Å²) in [6.07, 6.45) is 4.16. The van der Waals surface area contributed by atoms with Crippen molar-refractivity contribution >= 4 is 0 Å². The van der Waals surface area contributed by atoms with E-state index < -0.39 is 0 Å². The molecule has 0 saturated carbocycles. The molecule has 0 aliphatic rings. The number of nitrogens with zero attached hydrogens (tertiary/aromatic N) is 1. The molecule has 0 atom stereocenters. The van der Waals surface area contributed by atoms with Crippen molar-refractivity contribution in [2.75, 3.05) is 20.1 Å². The molecule has 3 aromatic carbocycles. The van der Waals surface area contributed by atoms with Crippen molar-refractivity contribution in [2.24, 2.45) is 0 Å². The van der Waals surface area contributed by atoms with E-state index in [1.807, 2.05) is 36.4 Å². The largest absolute Gasteiger partial charge is 0.486 e. The fraction of sp³-hybridized carbons (Fsp3) is 0.308. The van der Waals surface area contributed by atoms with Crippen LogP contribution in [0.15, 0.2) is 78.9 Å². The Kier molecular flexibility index (Phi) is 8.26. The molecule has 0 unspecified atom stereocenters. The minimum atomic E-state index is -0.283. The average molecular weight is 392 g/mol. The van der Waals surface area contributed by atoms with E-state index in [1.54, 1.807) is 12.1 Å². The zero-order valence-electron chi connectivity index (χ0n) is 17.2. The first kappa shape index (κ1) is 21.1. The number of benzene rings is 3. The van der Waals surface area contributed by atoms with Crippen LogP contribution in [0.25, 0.3) is 0 Å². The van der Waals surface area contributed by atoms with Gasteiger partial charge in [-0.2, -0.15) is 0 Å². The van der Waals surface area contributed by atoms with Crippen molar-refractivity contribution < 1.29 is 9.13 Å². The molecular formula is C26H30FNO. The van der Waals surface area contributed by atoms with E-state index in [1.165, 1.54) is 5.56 Å². The molecule has 29 heavy (non-hydrogen) atoms. The average Bonchev–Trinajstić information content (AvgIpc) is 2.75. The van der Waals surface area contributed by atoms with E-state index in [0.717, 1.165) is 49.9 Å². The van der Waals surface area contributed by atoms with Crippen LogP contribution < -0.4 is 4.74 Å². The number of aryl methyl sites for hydroxylation is 2. The predicted octanol–water partition coefficient (Wildman–Crippen LogP) is 5.90. The fourth-order valence-corrected chi connectivity index (χ4v) is 3.41. The molecule has 2 nitrogen and oxygen atoms in total. The van der Waals surface area contributed by atoms with E-state index in [9.17, 15) is 4.39 Å². The van der Waals surface area contributed by atoms with Crippen molar-refractivity contribution in [1.82, 2.24) is 4.90 Å². The first-order valence-corrected chi connectivity index (χ1v) is 10.4. The Morgan fingerprint density at radius 1 is 0.724 bits per heavy atom. The molecule has 0 heterocycles. The summed E-state index contributed by atoms with van der Waals surface area (Å²) in [5.41, 5.74) is 3.45. The van der Waals surface area contributed by atoms with E-state index in [0.29, 0.717) is 12.4 Å². The smallest absolute Gasteiger partial charge is 0.165 e. The van der Waals surface area contributed by atoms with Gasteiger partial charge in [0, 0.05) is 0 Å². The fourth-order valence-electron chi connectivity index (χ4n) is 3.41. The molecule has 0 saturated heterocycles. The lowest BCUT2D eigenvalue weighted by Crippen LogP contribution is -2.21. The molecule has 0 radical (unpaired) electrons. The Balaban J connectivity index is 1.36. The quantitative estimate of drug-likeness (QED) is 0.403. The van der Waals surface area contributed by atoms with Crippen LogP contribution in [0, 0.1) is 5.82 Å². The highest BCUT2D eigenvalue weighted by Crippen LogP contribution is 2.20. The first-order valence-electron chi connectivity index (χ1n) is 10.4. The minimum Gasteiger partial charge on any atom is -0.486 e. The van der Waals surface area contributed by atoms with E-state index in [2.05, 4.69) is 42.3 Å². The van der Waals surface area contributed by atoms with Gasteiger partial charge in [-0.25, -0.2) is 4.39 Å². The minimum absolute atomic E-state index is 0.283. The molecule has 0 aliphatic carbocycles. The third kappa shape index (κ3) is 7.35. The summed E-state index contributed by atoms with van der Waals surface area (Å²) in [6.45, 7) is 2.48. The van der Waals surface area contributed by atoms with E-state index in [-0.39, 0.29) is 5.82 Å². The highest BCUT2D eigenvalue weighted by Gasteiger charge is 2.06. The standard InChI is InChI=1S/C26H30FNO/c1-28(18-8-14-22-10-4-2-5-11-22)19-9-15-23-16-17-26(25(27)20-23)29-21-24-12-6-3-7-13-24/h2-7,10-13,16-17,20H,8-9,14-15,18-19,21H2,1H3. The van der Waals surface area contributed by atoms with Crippen LogP contribution in [0.5, 0.6) is 5.75 Å². The molecule has 0 aliphatic heterocycles. The molecule has 3 heteroatoms.